The van der Waals surface area contributed by atoms with Crippen LogP contribution < -0.4 is 5.31 Å². The van der Waals surface area contributed by atoms with E-state index in [4.69, 9.17) is 1.41 Å². The molecular formula is C13H17N. The Hall–Kier alpha value is -1.26. The molecule has 0 aromatic heterocycles. The summed E-state index contributed by atoms with van der Waals surface area (Å²) < 4.78 is 7.76. The summed E-state index contributed by atoms with van der Waals surface area (Å²) in [7, 11) is 0. The van der Waals surface area contributed by atoms with Crippen LogP contribution >= 0.6 is 0 Å². The second kappa shape index (κ2) is 6.23. The monoisotopic (exact) mass is 188 g/mol. The molecule has 0 aliphatic rings. The van der Waals surface area contributed by atoms with Crippen molar-refractivity contribution in [3.8, 4) is 11.8 Å². The van der Waals surface area contributed by atoms with Gasteiger partial charge in [-0.1, -0.05) is 36.3 Å². The van der Waals surface area contributed by atoms with Crippen LogP contribution in [0, 0.1) is 11.8 Å². The molecule has 0 amide bonds. The molecule has 0 saturated carbocycles. The molecule has 0 radical (unpaired) electrons. The lowest BCUT2D eigenvalue weighted by atomic mass is 10.1. The van der Waals surface area contributed by atoms with Gasteiger partial charge in [-0.2, -0.15) is 0 Å². The second-order valence-electron chi connectivity index (χ2n) is 3.31. The fourth-order valence-electron chi connectivity index (χ4n) is 1.30. The highest BCUT2D eigenvalue weighted by Crippen LogP contribution is 2.02. The van der Waals surface area contributed by atoms with Gasteiger partial charge in [0, 0.05) is 6.04 Å². The number of hydrogen-bond donors (Lipinski definition) is 1. The van der Waals surface area contributed by atoms with Crippen LogP contribution in [0.5, 0.6) is 0 Å². The molecule has 14 heavy (non-hydrogen) atoms. The third-order valence-corrected chi connectivity index (χ3v) is 2.03. The van der Waals surface area contributed by atoms with Crippen LogP contribution in [-0.2, 0) is 6.42 Å². The van der Waals surface area contributed by atoms with E-state index in [2.05, 4.69) is 30.9 Å². The van der Waals surface area contributed by atoms with E-state index in [0.29, 0.717) is 6.54 Å². The highest BCUT2D eigenvalue weighted by Gasteiger charge is 2.00. The molecule has 0 aliphatic heterocycles. The van der Waals surface area contributed by atoms with E-state index >= 15 is 0 Å². The first-order valence-electron chi connectivity index (χ1n) is 5.38. The van der Waals surface area contributed by atoms with Crippen molar-refractivity contribution in [3.63, 3.8) is 0 Å². The first-order valence-corrected chi connectivity index (χ1v) is 4.93. The number of rotatable bonds is 4. The third-order valence-electron chi connectivity index (χ3n) is 2.03. The van der Waals surface area contributed by atoms with Gasteiger partial charge in [0.15, 0.2) is 0 Å². The Morgan fingerprint density at radius 2 is 2.14 bits per heavy atom. The minimum Gasteiger partial charge on any atom is -0.303 e. The van der Waals surface area contributed by atoms with Crippen LogP contribution in [0.25, 0.3) is 0 Å². The van der Waals surface area contributed by atoms with Crippen molar-refractivity contribution in [2.75, 3.05) is 6.54 Å². The lowest BCUT2D eigenvalue weighted by molar-refractivity contribution is 0.585. The minimum absolute atomic E-state index is 0.202. The van der Waals surface area contributed by atoms with E-state index < -0.39 is 0 Å². The van der Waals surface area contributed by atoms with Crippen LogP contribution in [-0.4, -0.2) is 12.6 Å². The van der Waals surface area contributed by atoms with Gasteiger partial charge in [-0.05, 0) is 25.8 Å². The molecule has 1 aromatic carbocycles. The van der Waals surface area contributed by atoms with Gasteiger partial charge in [0.1, 0.15) is 1.41 Å². The van der Waals surface area contributed by atoms with E-state index in [-0.39, 0.29) is 6.04 Å². The smallest absolute Gasteiger partial charge is 0.123 e. The zero-order valence-electron chi connectivity index (χ0n) is 9.83. The van der Waals surface area contributed by atoms with Gasteiger partial charge in [-0.3, -0.25) is 0 Å². The standard InChI is InChI=1S/C13H17N/c1-3-4-10-14-12(2)11-13-8-6-5-7-9-13/h5-9,12,14H,10-11H2,1-2H3/t12-/m1/s1/i/hD. The van der Waals surface area contributed by atoms with Crippen LogP contribution in [0.1, 0.15) is 19.4 Å². The van der Waals surface area contributed by atoms with Gasteiger partial charge in [-0.15, -0.1) is 5.92 Å². The fourth-order valence-corrected chi connectivity index (χ4v) is 1.30. The van der Waals surface area contributed by atoms with Crippen LogP contribution in [0.2, 0.25) is 1.41 Å². The molecule has 0 fully saturated rings. The van der Waals surface area contributed by atoms with E-state index in [1.165, 1.54) is 10.9 Å². The Labute approximate surface area is 88.0 Å². The maximum atomic E-state index is 7.76. The number of benzene rings is 1. The van der Waals surface area contributed by atoms with Gasteiger partial charge in [0.25, 0.3) is 0 Å². The molecule has 1 heteroatoms. The average Bonchev–Trinajstić information content (AvgIpc) is 2.27. The van der Waals surface area contributed by atoms with Crippen molar-refractivity contribution in [2.45, 2.75) is 26.3 Å². The summed E-state index contributed by atoms with van der Waals surface area (Å²) >= 11 is 0. The summed E-state index contributed by atoms with van der Waals surface area (Å²) in [5, 5.41) is 1.53. The van der Waals surface area contributed by atoms with Gasteiger partial charge < -0.3 is 5.31 Å². The molecule has 0 saturated heterocycles. The average molecular weight is 188 g/mol. The number of hydrogen-bond acceptors (Lipinski definition) is 1. The van der Waals surface area contributed by atoms with E-state index in [1.807, 2.05) is 18.2 Å². The Kier molecular flexibility index (Phi) is 4.14. The van der Waals surface area contributed by atoms with Crippen molar-refractivity contribution >= 4 is 0 Å². The summed E-state index contributed by atoms with van der Waals surface area (Å²) in [5.74, 6) is 5.71. The zero-order valence-corrected chi connectivity index (χ0v) is 8.83. The highest BCUT2D eigenvalue weighted by molar-refractivity contribution is 5.15. The highest BCUT2D eigenvalue weighted by atomic mass is 14.9. The Morgan fingerprint density at radius 1 is 1.43 bits per heavy atom. The molecule has 1 N–H and O–H groups in total. The summed E-state index contributed by atoms with van der Waals surface area (Å²) in [5.41, 5.74) is 1.27. The predicted molar refractivity (Wildman–Crippen MR) is 61.1 cm³/mol. The maximum absolute atomic E-state index is 7.76. The van der Waals surface area contributed by atoms with Crippen LogP contribution in [0.3, 0.4) is 0 Å². The Balaban J connectivity index is 2.47. The maximum Gasteiger partial charge on any atom is 0.123 e. The lowest BCUT2D eigenvalue weighted by Crippen LogP contribution is -2.28. The molecule has 0 spiro atoms. The molecule has 1 aromatic rings. The van der Waals surface area contributed by atoms with E-state index in [9.17, 15) is 0 Å². The van der Waals surface area contributed by atoms with Crippen LogP contribution in [0.15, 0.2) is 30.3 Å². The van der Waals surface area contributed by atoms with Gasteiger partial charge in [0.05, 0.1) is 6.54 Å². The summed E-state index contributed by atoms with van der Waals surface area (Å²) in [6, 6.07) is 10.5. The zero-order chi connectivity index (χ0) is 11.1. The molecule has 0 unspecified atom stereocenters. The molecule has 1 atom stereocenters. The molecule has 1 nitrogen and oxygen atoms in total. The summed E-state index contributed by atoms with van der Waals surface area (Å²) in [6.45, 7) is 4.37. The molecule has 0 bridgehead atoms. The van der Waals surface area contributed by atoms with Gasteiger partial charge >= 0.3 is 0 Å². The van der Waals surface area contributed by atoms with Gasteiger partial charge in [0.2, 0.25) is 0 Å². The van der Waals surface area contributed by atoms with Gasteiger partial charge in [-0.25, -0.2) is 0 Å². The summed E-state index contributed by atoms with van der Waals surface area (Å²) in [4.78, 5) is 0. The SMILES string of the molecule is [2H]N(CC#CC)[C@H](C)Cc1ccccc1. The Morgan fingerprint density at radius 3 is 2.79 bits per heavy atom. The van der Waals surface area contributed by atoms with Crippen molar-refractivity contribution < 1.29 is 1.41 Å². The molecule has 0 heterocycles. The molecule has 1 rings (SSSR count). The van der Waals surface area contributed by atoms with E-state index in [1.54, 1.807) is 6.92 Å². The minimum atomic E-state index is 0.202. The fraction of sp³-hybridized carbons (Fsp3) is 0.385. The van der Waals surface area contributed by atoms with E-state index in [0.717, 1.165) is 6.42 Å². The number of nitrogens with one attached hydrogen (secondary N) is 1. The van der Waals surface area contributed by atoms with Crippen molar-refractivity contribution in [1.29, 1.82) is 0 Å². The summed E-state index contributed by atoms with van der Waals surface area (Å²) in [6.07, 6.45) is 0.899. The first kappa shape index (κ1) is 9.30. The first-order chi connectivity index (χ1) is 7.24. The second-order valence-corrected chi connectivity index (χ2v) is 3.31. The lowest BCUT2D eigenvalue weighted by Gasteiger charge is -2.11. The molecular weight excluding hydrogens is 170 g/mol. The molecule has 74 valence electrons. The molecule has 0 aliphatic carbocycles. The van der Waals surface area contributed by atoms with Crippen molar-refractivity contribution in [2.24, 2.45) is 0 Å². The van der Waals surface area contributed by atoms with Crippen molar-refractivity contribution in [3.05, 3.63) is 35.9 Å². The quantitative estimate of drug-likeness (QED) is 0.714. The van der Waals surface area contributed by atoms with Crippen LogP contribution in [0.4, 0.5) is 0 Å². The Bertz CT molecular complexity index is 337. The third kappa shape index (κ3) is 4.11. The topological polar surface area (TPSA) is 12.0 Å². The largest absolute Gasteiger partial charge is 0.303 e. The predicted octanol–water partition coefficient (Wildman–Crippen LogP) is 2.23. The normalized spacial score (nSPS) is 12.9. The van der Waals surface area contributed by atoms with Crippen molar-refractivity contribution in [1.82, 2.24) is 5.31 Å².